The average Bonchev–Trinajstić information content (AvgIpc) is 2.74. The van der Waals surface area contributed by atoms with Gasteiger partial charge in [-0.05, 0) is 31.4 Å². The monoisotopic (exact) mass is 219 g/mol. The van der Waals surface area contributed by atoms with Gasteiger partial charge in [-0.25, -0.2) is 4.79 Å². The molecule has 16 heavy (non-hydrogen) atoms. The molecule has 4 nitrogen and oxygen atoms in total. The standard InChI is InChI=1S/C12H17N3O/c1-9-8-13-7-6-11(9)15-12(16)14-10-4-2-3-5-10/h6-8,10H,2-5H2,1H3,(H2,13,14,15,16). The van der Waals surface area contributed by atoms with E-state index >= 15 is 0 Å². The van der Waals surface area contributed by atoms with Crippen LogP contribution < -0.4 is 10.6 Å². The number of aryl methyl sites for hydroxylation is 1. The van der Waals surface area contributed by atoms with E-state index in [-0.39, 0.29) is 6.03 Å². The van der Waals surface area contributed by atoms with Crippen LogP contribution in [0.1, 0.15) is 31.2 Å². The average molecular weight is 219 g/mol. The maximum Gasteiger partial charge on any atom is 0.319 e. The van der Waals surface area contributed by atoms with E-state index < -0.39 is 0 Å². The topological polar surface area (TPSA) is 54.0 Å². The SMILES string of the molecule is Cc1cnccc1NC(=O)NC1CCCC1. The lowest BCUT2D eigenvalue weighted by Gasteiger charge is -2.13. The van der Waals surface area contributed by atoms with Crippen molar-refractivity contribution < 1.29 is 4.79 Å². The second kappa shape index (κ2) is 4.96. The minimum absolute atomic E-state index is 0.110. The zero-order chi connectivity index (χ0) is 11.4. The van der Waals surface area contributed by atoms with Gasteiger partial charge < -0.3 is 10.6 Å². The molecule has 0 spiro atoms. The molecule has 1 fully saturated rings. The summed E-state index contributed by atoms with van der Waals surface area (Å²) >= 11 is 0. The molecule has 0 atom stereocenters. The fraction of sp³-hybridized carbons (Fsp3) is 0.500. The molecule has 4 heteroatoms. The van der Waals surface area contributed by atoms with Crippen molar-refractivity contribution in [2.45, 2.75) is 38.6 Å². The quantitative estimate of drug-likeness (QED) is 0.802. The van der Waals surface area contributed by atoms with Crippen molar-refractivity contribution in [3.8, 4) is 0 Å². The fourth-order valence-corrected chi connectivity index (χ4v) is 2.03. The zero-order valence-electron chi connectivity index (χ0n) is 9.49. The summed E-state index contributed by atoms with van der Waals surface area (Å²) in [6.07, 6.45) is 8.06. The Morgan fingerprint density at radius 3 is 2.88 bits per heavy atom. The number of amides is 2. The predicted molar refractivity (Wildman–Crippen MR) is 63.4 cm³/mol. The number of rotatable bonds is 2. The van der Waals surface area contributed by atoms with Crippen molar-refractivity contribution in [3.05, 3.63) is 24.0 Å². The van der Waals surface area contributed by atoms with Crippen LogP contribution in [-0.2, 0) is 0 Å². The lowest BCUT2D eigenvalue weighted by Crippen LogP contribution is -2.36. The van der Waals surface area contributed by atoms with E-state index in [1.165, 1.54) is 12.8 Å². The number of pyridine rings is 1. The third-order valence-electron chi connectivity index (χ3n) is 2.96. The van der Waals surface area contributed by atoms with Crippen molar-refractivity contribution in [2.75, 3.05) is 5.32 Å². The highest BCUT2D eigenvalue weighted by Crippen LogP contribution is 2.18. The molecular weight excluding hydrogens is 202 g/mol. The first-order valence-corrected chi connectivity index (χ1v) is 5.74. The Morgan fingerprint density at radius 1 is 1.44 bits per heavy atom. The van der Waals surface area contributed by atoms with Crippen LogP contribution in [0, 0.1) is 6.92 Å². The highest BCUT2D eigenvalue weighted by atomic mass is 16.2. The van der Waals surface area contributed by atoms with E-state index in [0.717, 1.165) is 24.1 Å². The third-order valence-corrected chi connectivity index (χ3v) is 2.96. The first kappa shape index (κ1) is 10.9. The summed E-state index contributed by atoms with van der Waals surface area (Å²) in [6.45, 7) is 1.93. The van der Waals surface area contributed by atoms with Gasteiger partial charge in [0.15, 0.2) is 0 Å². The number of hydrogen-bond donors (Lipinski definition) is 2. The molecule has 2 N–H and O–H groups in total. The molecule has 0 saturated heterocycles. The first-order valence-electron chi connectivity index (χ1n) is 5.74. The number of anilines is 1. The van der Waals surface area contributed by atoms with Crippen molar-refractivity contribution in [2.24, 2.45) is 0 Å². The molecule has 2 amide bonds. The fourth-order valence-electron chi connectivity index (χ4n) is 2.03. The van der Waals surface area contributed by atoms with Gasteiger partial charge >= 0.3 is 6.03 Å². The molecule has 0 unspecified atom stereocenters. The Hall–Kier alpha value is -1.58. The highest BCUT2D eigenvalue weighted by Gasteiger charge is 2.17. The van der Waals surface area contributed by atoms with E-state index in [0.29, 0.717) is 6.04 Å². The van der Waals surface area contributed by atoms with Crippen LogP contribution in [0.15, 0.2) is 18.5 Å². The minimum atomic E-state index is -0.110. The summed E-state index contributed by atoms with van der Waals surface area (Å²) in [6, 6.07) is 2.05. The molecule has 1 saturated carbocycles. The first-order chi connectivity index (χ1) is 7.75. The molecule has 1 aromatic rings. The van der Waals surface area contributed by atoms with E-state index in [2.05, 4.69) is 15.6 Å². The lowest BCUT2D eigenvalue weighted by molar-refractivity contribution is 0.248. The number of hydrogen-bond acceptors (Lipinski definition) is 2. The number of urea groups is 1. The molecule has 1 aliphatic rings. The van der Waals surface area contributed by atoms with Crippen LogP contribution >= 0.6 is 0 Å². The van der Waals surface area contributed by atoms with Crippen LogP contribution in [0.5, 0.6) is 0 Å². The molecular formula is C12H17N3O. The van der Waals surface area contributed by atoms with E-state index in [9.17, 15) is 4.79 Å². The van der Waals surface area contributed by atoms with Crippen LogP contribution in [0.25, 0.3) is 0 Å². The van der Waals surface area contributed by atoms with Crippen LogP contribution in [-0.4, -0.2) is 17.1 Å². The summed E-state index contributed by atoms with van der Waals surface area (Å²) in [5.41, 5.74) is 1.80. The number of nitrogens with one attached hydrogen (secondary N) is 2. The van der Waals surface area contributed by atoms with E-state index in [1.807, 2.05) is 13.0 Å². The van der Waals surface area contributed by atoms with Gasteiger partial charge in [0.2, 0.25) is 0 Å². The largest absolute Gasteiger partial charge is 0.335 e. The van der Waals surface area contributed by atoms with Gasteiger partial charge in [0.1, 0.15) is 0 Å². The lowest BCUT2D eigenvalue weighted by atomic mass is 10.2. The van der Waals surface area contributed by atoms with Gasteiger partial charge in [0.05, 0.1) is 0 Å². The summed E-state index contributed by atoms with van der Waals surface area (Å²) < 4.78 is 0. The van der Waals surface area contributed by atoms with Gasteiger partial charge in [0, 0.05) is 24.1 Å². The van der Waals surface area contributed by atoms with Crippen LogP contribution in [0.2, 0.25) is 0 Å². The van der Waals surface area contributed by atoms with Gasteiger partial charge in [-0.1, -0.05) is 12.8 Å². The highest BCUT2D eigenvalue weighted by molar-refractivity contribution is 5.90. The smallest absolute Gasteiger partial charge is 0.319 e. The minimum Gasteiger partial charge on any atom is -0.335 e. The third kappa shape index (κ3) is 2.72. The van der Waals surface area contributed by atoms with Gasteiger partial charge in [0.25, 0.3) is 0 Å². The van der Waals surface area contributed by atoms with Crippen molar-refractivity contribution in [1.82, 2.24) is 10.3 Å². The zero-order valence-corrected chi connectivity index (χ0v) is 9.49. The van der Waals surface area contributed by atoms with Crippen molar-refractivity contribution >= 4 is 11.7 Å². The van der Waals surface area contributed by atoms with E-state index in [1.54, 1.807) is 12.4 Å². The molecule has 1 aromatic heterocycles. The Bertz CT molecular complexity index is 372. The van der Waals surface area contributed by atoms with Crippen LogP contribution in [0.4, 0.5) is 10.5 Å². The Balaban J connectivity index is 1.89. The number of carbonyl (C=O) groups is 1. The molecule has 86 valence electrons. The van der Waals surface area contributed by atoms with Gasteiger partial charge in [-0.2, -0.15) is 0 Å². The molecule has 0 aliphatic heterocycles. The number of nitrogens with zero attached hydrogens (tertiary/aromatic N) is 1. The number of aromatic nitrogens is 1. The maximum atomic E-state index is 11.7. The van der Waals surface area contributed by atoms with Crippen molar-refractivity contribution in [3.63, 3.8) is 0 Å². The molecule has 0 bridgehead atoms. The van der Waals surface area contributed by atoms with Crippen molar-refractivity contribution in [1.29, 1.82) is 0 Å². The molecule has 0 radical (unpaired) electrons. The normalized spacial score (nSPS) is 16.1. The molecule has 1 aliphatic carbocycles. The summed E-state index contributed by atoms with van der Waals surface area (Å²) in [5.74, 6) is 0. The Labute approximate surface area is 95.5 Å². The Kier molecular flexibility index (Phi) is 3.39. The van der Waals surface area contributed by atoms with Crippen LogP contribution in [0.3, 0.4) is 0 Å². The maximum absolute atomic E-state index is 11.7. The Morgan fingerprint density at radius 2 is 2.19 bits per heavy atom. The second-order valence-corrected chi connectivity index (χ2v) is 4.27. The molecule has 2 rings (SSSR count). The second-order valence-electron chi connectivity index (χ2n) is 4.27. The summed E-state index contributed by atoms with van der Waals surface area (Å²) in [7, 11) is 0. The van der Waals surface area contributed by atoms with Gasteiger partial charge in [-0.3, -0.25) is 4.98 Å². The number of carbonyl (C=O) groups excluding carboxylic acids is 1. The predicted octanol–water partition coefficient (Wildman–Crippen LogP) is 2.45. The van der Waals surface area contributed by atoms with E-state index in [4.69, 9.17) is 0 Å². The summed E-state index contributed by atoms with van der Waals surface area (Å²) in [5, 5.41) is 5.83. The molecule has 1 heterocycles. The molecule has 0 aromatic carbocycles. The summed E-state index contributed by atoms with van der Waals surface area (Å²) in [4.78, 5) is 15.7. The van der Waals surface area contributed by atoms with Gasteiger partial charge in [-0.15, -0.1) is 0 Å².